The lowest BCUT2D eigenvalue weighted by molar-refractivity contribution is -0.233. The summed E-state index contributed by atoms with van der Waals surface area (Å²) in [5, 5.41) is 14.4. The van der Waals surface area contributed by atoms with Crippen LogP contribution >= 0.6 is 0 Å². The van der Waals surface area contributed by atoms with E-state index in [1.807, 2.05) is 13.8 Å². The van der Waals surface area contributed by atoms with Crippen LogP contribution in [0.5, 0.6) is 0 Å². The van der Waals surface area contributed by atoms with Crippen LogP contribution in [0.1, 0.15) is 52.9 Å². The molecular formula is C26H35F2NO5. The number of ether oxygens (including phenoxy) is 2. The summed E-state index contributed by atoms with van der Waals surface area (Å²) < 4.78 is 45.5. The first-order chi connectivity index (χ1) is 16.0. The summed E-state index contributed by atoms with van der Waals surface area (Å²) in [5.41, 5.74) is -5.80. The molecule has 4 aliphatic carbocycles. The Bertz CT molecular complexity index is 969. The molecule has 0 spiro atoms. The van der Waals surface area contributed by atoms with Gasteiger partial charge in [0.05, 0.1) is 18.8 Å². The van der Waals surface area contributed by atoms with Crippen molar-refractivity contribution >= 4 is 11.6 Å². The average molecular weight is 480 g/mol. The van der Waals surface area contributed by atoms with E-state index in [0.717, 1.165) is 6.42 Å². The predicted octanol–water partition coefficient (Wildman–Crippen LogP) is 2.98. The lowest BCUT2D eigenvalue weighted by Gasteiger charge is -2.63. The van der Waals surface area contributed by atoms with Crippen molar-refractivity contribution in [1.82, 2.24) is 5.32 Å². The maximum absolute atomic E-state index is 17.3. The molecular weight excluding hydrogens is 444 g/mol. The first-order valence-corrected chi connectivity index (χ1v) is 12.5. The van der Waals surface area contributed by atoms with Gasteiger partial charge in [-0.1, -0.05) is 26.3 Å². The largest absolute Gasteiger partial charge is 0.390 e. The van der Waals surface area contributed by atoms with Gasteiger partial charge < -0.3 is 19.9 Å². The molecule has 3 saturated carbocycles. The molecule has 5 rings (SSSR count). The van der Waals surface area contributed by atoms with E-state index in [1.165, 1.54) is 18.2 Å². The quantitative estimate of drug-likeness (QED) is 0.631. The molecule has 0 aromatic carbocycles. The Labute approximate surface area is 199 Å². The molecule has 34 heavy (non-hydrogen) atoms. The second kappa shape index (κ2) is 7.76. The van der Waals surface area contributed by atoms with Crippen molar-refractivity contribution < 1.29 is 33.0 Å². The number of aliphatic hydroxyl groups is 1. The van der Waals surface area contributed by atoms with Gasteiger partial charge in [-0.3, -0.25) is 9.59 Å². The number of ketones is 2. The number of fused-ring (bicyclic) bond motifs is 7. The second-order valence-corrected chi connectivity index (χ2v) is 11.2. The lowest BCUT2D eigenvalue weighted by atomic mass is 9.44. The molecule has 1 aliphatic heterocycles. The maximum atomic E-state index is 17.3. The number of rotatable bonds is 5. The maximum Gasteiger partial charge on any atom is 0.181 e. The number of allylic oxidation sites excluding steroid dienone is 4. The molecule has 5 aliphatic rings. The number of hydrogen-bond acceptors (Lipinski definition) is 6. The second-order valence-electron chi connectivity index (χ2n) is 11.2. The molecule has 0 aromatic heterocycles. The molecule has 1 unspecified atom stereocenters. The highest BCUT2D eigenvalue weighted by Crippen LogP contribution is 2.72. The third kappa shape index (κ3) is 2.74. The number of hydrogen-bond donors (Lipinski definition) is 2. The van der Waals surface area contributed by atoms with Crippen LogP contribution in [0.25, 0.3) is 0 Å². The minimum absolute atomic E-state index is 0.0135. The third-order valence-corrected chi connectivity index (χ3v) is 9.70. The van der Waals surface area contributed by atoms with E-state index in [4.69, 9.17) is 9.47 Å². The highest BCUT2D eigenvalue weighted by atomic mass is 19.1. The van der Waals surface area contributed by atoms with Crippen LogP contribution in [0.2, 0.25) is 0 Å². The molecule has 8 heteroatoms. The number of likely N-dealkylation sites (N-methyl/N-ethyl adjacent to an activating group) is 1. The van der Waals surface area contributed by atoms with Crippen LogP contribution in [0.4, 0.5) is 8.78 Å². The summed E-state index contributed by atoms with van der Waals surface area (Å²) in [5.74, 6) is -1.84. The minimum Gasteiger partial charge on any atom is -0.390 e. The smallest absolute Gasteiger partial charge is 0.181 e. The minimum atomic E-state index is -2.18. The Morgan fingerprint density at radius 1 is 1.29 bits per heavy atom. The zero-order valence-electron chi connectivity index (χ0n) is 20.3. The molecule has 0 radical (unpaired) electrons. The summed E-state index contributed by atoms with van der Waals surface area (Å²) in [7, 11) is 1.68. The predicted molar refractivity (Wildman–Crippen MR) is 120 cm³/mol. The van der Waals surface area contributed by atoms with Crippen molar-refractivity contribution in [3.05, 3.63) is 23.8 Å². The summed E-state index contributed by atoms with van der Waals surface area (Å²) in [6, 6.07) is 0. The van der Waals surface area contributed by atoms with E-state index < -0.39 is 58.6 Å². The van der Waals surface area contributed by atoms with Crippen LogP contribution in [0.3, 0.4) is 0 Å². The molecule has 10 atom stereocenters. The van der Waals surface area contributed by atoms with Gasteiger partial charge in [-0.15, -0.1) is 0 Å². The Balaban J connectivity index is 1.61. The van der Waals surface area contributed by atoms with Crippen molar-refractivity contribution in [3.8, 4) is 0 Å². The standard InChI is InChI=1S/C26H35F2NO5/c1-5-6-22-33-21-11-15-16-10-18(27)17-9-14(30)7-8-23(17,2)25(16,28)19(31)12-24(15,3)26(21,34-22)20(32)13-29-4/h7-9,15-16,18-19,21-22,29,31H,5-6,10-13H2,1-4H3/t15?,16-,18-,19-,21+,22-,23-,24-,25-,26+/m0/s1. The normalized spacial score (nSPS) is 51.4. The number of alkyl halides is 2. The van der Waals surface area contributed by atoms with E-state index in [1.54, 1.807) is 14.0 Å². The fourth-order valence-corrected chi connectivity index (χ4v) is 8.18. The first kappa shape index (κ1) is 24.2. The number of aliphatic hydroxyl groups excluding tert-OH is 1. The van der Waals surface area contributed by atoms with Crippen molar-refractivity contribution in [2.45, 2.75) is 88.8 Å². The van der Waals surface area contributed by atoms with Crippen LogP contribution in [0, 0.1) is 22.7 Å². The molecule has 0 amide bonds. The number of carbonyl (C=O) groups excluding carboxylic acids is 2. The van der Waals surface area contributed by atoms with Crippen LogP contribution in [-0.4, -0.2) is 66.2 Å². The lowest BCUT2D eigenvalue weighted by Crippen LogP contribution is -2.71. The van der Waals surface area contributed by atoms with E-state index in [9.17, 15) is 14.7 Å². The summed E-state index contributed by atoms with van der Waals surface area (Å²) in [4.78, 5) is 25.6. The molecule has 0 aromatic rings. The van der Waals surface area contributed by atoms with Crippen LogP contribution in [0.15, 0.2) is 23.8 Å². The summed E-state index contributed by atoms with van der Waals surface area (Å²) >= 11 is 0. The number of carbonyl (C=O) groups is 2. The Hall–Kier alpha value is -1.48. The number of nitrogens with one attached hydrogen (secondary N) is 1. The van der Waals surface area contributed by atoms with E-state index in [2.05, 4.69) is 5.32 Å². The van der Waals surface area contributed by atoms with Gasteiger partial charge in [0.15, 0.2) is 29.1 Å². The molecule has 188 valence electrons. The third-order valence-electron chi connectivity index (χ3n) is 9.70. The van der Waals surface area contributed by atoms with Crippen LogP contribution in [-0.2, 0) is 19.1 Å². The Kier molecular flexibility index (Phi) is 5.53. The van der Waals surface area contributed by atoms with Crippen LogP contribution < -0.4 is 5.32 Å². The first-order valence-electron chi connectivity index (χ1n) is 12.5. The van der Waals surface area contributed by atoms with Gasteiger partial charge in [-0.25, -0.2) is 8.78 Å². The molecule has 4 fully saturated rings. The monoisotopic (exact) mass is 479 g/mol. The number of Topliss-reactive ketones (excluding diaryl/α,β-unsaturated/α-hetero) is 1. The van der Waals surface area contributed by atoms with Gasteiger partial charge in [0.2, 0.25) is 0 Å². The van der Waals surface area contributed by atoms with Crippen molar-refractivity contribution in [2.24, 2.45) is 22.7 Å². The fourth-order valence-electron chi connectivity index (χ4n) is 8.18. The Morgan fingerprint density at radius 2 is 2.03 bits per heavy atom. The average Bonchev–Trinajstić information content (AvgIpc) is 3.25. The zero-order valence-corrected chi connectivity index (χ0v) is 20.3. The van der Waals surface area contributed by atoms with Gasteiger partial charge >= 0.3 is 0 Å². The zero-order chi connectivity index (χ0) is 24.7. The molecule has 0 bridgehead atoms. The Morgan fingerprint density at radius 3 is 2.71 bits per heavy atom. The van der Waals surface area contributed by atoms with Crippen molar-refractivity contribution in [2.75, 3.05) is 13.6 Å². The molecule has 1 heterocycles. The van der Waals surface area contributed by atoms with Gasteiger partial charge in [0.1, 0.15) is 6.17 Å². The van der Waals surface area contributed by atoms with E-state index in [-0.39, 0.29) is 36.5 Å². The van der Waals surface area contributed by atoms with E-state index in [0.29, 0.717) is 12.8 Å². The molecule has 6 nitrogen and oxygen atoms in total. The molecule has 2 N–H and O–H groups in total. The van der Waals surface area contributed by atoms with Crippen molar-refractivity contribution in [1.29, 1.82) is 0 Å². The SMILES string of the molecule is CCC[C@H]1O[C@@H]2CC3[C@@H]4C[C@H](F)C5=CC(=O)C=C[C@]5(C)[C@@]4(F)[C@@H](O)C[C@]3(C)[C@]2(C(=O)CNC)O1. The summed E-state index contributed by atoms with van der Waals surface area (Å²) in [6.07, 6.45) is 1.41. The van der Waals surface area contributed by atoms with E-state index >= 15 is 8.78 Å². The van der Waals surface area contributed by atoms with Gasteiger partial charge in [-0.05, 0) is 63.3 Å². The summed E-state index contributed by atoms with van der Waals surface area (Å²) in [6.45, 7) is 5.53. The van der Waals surface area contributed by atoms with Gasteiger partial charge in [0, 0.05) is 16.7 Å². The topological polar surface area (TPSA) is 84.9 Å². The highest BCUT2D eigenvalue weighted by molar-refractivity contribution is 6.01. The van der Waals surface area contributed by atoms with Crippen molar-refractivity contribution in [3.63, 3.8) is 0 Å². The van der Waals surface area contributed by atoms with Gasteiger partial charge in [-0.2, -0.15) is 0 Å². The highest BCUT2D eigenvalue weighted by Gasteiger charge is 2.79. The molecule has 1 saturated heterocycles. The fraction of sp³-hybridized carbons (Fsp3) is 0.769. The number of halogens is 2. The van der Waals surface area contributed by atoms with Gasteiger partial charge in [0.25, 0.3) is 0 Å².